The molecule has 0 saturated carbocycles. The normalized spacial score (nSPS) is 10.6. The summed E-state index contributed by atoms with van der Waals surface area (Å²) in [5.41, 5.74) is 1.42. The van der Waals surface area contributed by atoms with Crippen molar-refractivity contribution in [3.05, 3.63) is 34.5 Å². The molecule has 0 spiro atoms. The molecule has 2 heterocycles. The Morgan fingerprint density at radius 2 is 2.31 bits per heavy atom. The van der Waals surface area contributed by atoms with Gasteiger partial charge in [-0.2, -0.15) is 5.10 Å². The smallest absolute Gasteiger partial charge is 0.251 e. The second-order valence-electron chi connectivity index (χ2n) is 3.73. The summed E-state index contributed by atoms with van der Waals surface area (Å²) in [6, 6.07) is 1.47. The van der Waals surface area contributed by atoms with Gasteiger partial charge in [-0.15, -0.1) is 0 Å². The summed E-state index contributed by atoms with van der Waals surface area (Å²) in [6.07, 6.45) is 4.63. The van der Waals surface area contributed by atoms with E-state index in [-0.39, 0.29) is 5.56 Å². The second kappa shape index (κ2) is 4.30. The van der Waals surface area contributed by atoms with Crippen LogP contribution in [0.15, 0.2) is 23.3 Å². The number of hydrogen-bond donors (Lipinski definition) is 1. The molecule has 0 aliphatic heterocycles. The number of aromatic amines is 1. The third-order valence-electron chi connectivity index (χ3n) is 2.23. The fourth-order valence-electron chi connectivity index (χ4n) is 1.55. The van der Waals surface area contributed by atoms with E-state index in [1.165, 1.54) is 6.07 Å². The van der Waals surface area contributed by atoms with Crippen molar-refractivity contribution in [1.29, 1.82) is 0 Å². The highest BCUT2D eigenvalue weighted by molar-refractivity contribution is 5.51. The molecule has 0 aromatic carbocycles. The van der Waals surface area contributed by atoms with E-state index in [1.807, 2.05) is 10.9 Å². The summed E-state index contributed by atoms with van der Waals surface area (Å²) >= 11 is 0. The quantitative estimate of drug-likeness (QED) is 0.845. The Balaban J connectivity index is 2.38. The van der Waals surface area contributed by atoms with Crippen LogP contribution in [0, 0.1) is 6.92 Å². The van der Waals surface area contributed by atoms with Crippen LogP contribution < -0.4 is 5.56 Å². The van der Waals surface area contributed by atoms with E-state index in [2.05, 4.69) is 22.0 Å². The molecule has 16 heavy (non-hydrogen) atoms. The molecule has 5 heteroatoms. The number of hydrogen-bond acceptors (Lipinski definition) is 3. The molecule has 0 aliphatic carbocycles. The van der Waals surface area contributed by atoms with Gasteiger partial charge in [0.05, 0.1) is 11.8 Å². The van der Waals surface area contributed by atoms with Gasteiger partial charge in [0, 0.05) is 24.5 Å². The third-order valence-corrected chi connectivity index (χ3v) is 2.23. The minimum absolute atomic E-state index is 0.134. The molecule has 2 aromatic heterocycles. The van der Waals surface area contributed by atoms with Gasteiger partial charge >= 0.3 is 0 Å². The lowest BCUT2D eigenvalue weighted by Crippen LogP contribution is -2.08. The van der Waals surface area contributed by atoms with Crippen molar-refractivity contribution in [2.24, 2.45) is 0 Å². The number of nitrogens with zero attached hydrogens (tertiary/aromatic N) is 3. The number of aromatic nitrogens is 4. The molecule has 0 atom stereocenters. The monoisotopic (exact) mass is 218 g/mol. The Bertz CT molecular complexity index is 541. The Hall–Kier alpha value is -1.91. The van der Waals surface area contributed by atoms with Crippen molar-refractivity contribution in [1.82, 2.24) is 19.7 Å². The first kappa shape index (κ1) is 10.6. The largest absolute Gasteiger partial charge is 0.306 e. The van der Waals surface area contributed by atoms with Crippen molar-refractivity contribution in [3.63, 3.8) is 0 Å². The van der Waals surface area contributed by atoms with Crippen LogP contribution in [-0.4, -0.2) is 19.7 Å². The molecule has 1 N–H and O–H groups in total. The Morgan fingerprint density at radius 1 is 1.50 bits per heavy atom. The zero-order valence-electron chi connectivity index (χ0n) is 9.40. The van der Waals surface area contributed by atoms with Gasteiger partial charge in [-0.1, -0.05) is 6.92 Å². The van der Waals surface area contributed by atoms with E-state index < -0.39 is 0 Å². The standard InChI is InChI=1S/C11H14N4O/c1-3-4-15-7-9(6-12-15)11-13-8(2)5-10(16)14-11/h5-7H,3-4H2,1-2H3,(H,13,14,16). The van der Waals surface area contributed by atoms with Gasteiger partial charge in [-0.3, -0.25) is 9.48 Å². The zero-order chi connectivity index (χ0) is 11.5. The van der Waals surface area contributed by atoms with Crippen molar-refractivity contribution in [2.45, 2.75) is 26.8 Å². The van der Waals surface area contributed by atoms with Gasteiger partial charge in [0.25, 0.3) is 5.56 Å². The van der Waals surface area contributed by atoms with Gasteiger partial charge in [0.2, 0.25) is 0 Å². The molecule has 0 amide bonds. The highest BCUT2D eigenvalue weighted by Gasteiger charge is 2.04. The van der Waals surface area contributed by atoms with Crippen LogP contribution in [0.1, 0.15) is 19.0 Å². The predicted molar refractivity (Wildman–Crippen MR) is 61.1 cm³/mol. The molecule has 5 nitrogen and oxygen atoms in total. The maximum atomic E-state index is 11.3. The molecule has 0 aliphatic rings. The van der Waals surface area contributed by atoms with Crippen LogP contribution in [0.25, 0.3) is 11.4 Å². The topological polar surface area (TPSA) is 63.6 Å². The summed E-state index contributed by atoms with van der Waals surface area (Å²) in [7, 11) is 0. The highest BCUT2D eigenvalue weighted by Crippen LogP contribution is 2.12. The van der Waals surface area contributed by atoms with Crippen LogP contribution in [0.5, 0.6) is 0 Å². The number of aryl methyl sites for hydroxylation is 2. The molecule has 0 radical (unpaired) electrons. The minimum atomic E-state index is -0.134. The molecule has 0 unspecified atom stereocenters. The summed E-state index contributed by atoms with van der Waals surface area (Å²) in [5, 5.41) is 4.20. The average Bonchev–Trinajstić information content (AvgIpc) is 2.65. The van der Waals surface area contributed by atoms with E-state index in [1.54, 1.807) is 13.1 Å². The lowest BCUT2D eigenvalue weighted by atomic mass is 10.3. The minimum Gasteiger partial charge on any atom is -0.306 e. The predicted octanol–water partition coefficient (Wildman–Crippen LogP) is 1.35. The molecule has 2 rings (SSSR count). The van der Waals surface area contributed by atoms with Crippen molar-refractivity contribution in [2.75, 3.05) is 0 Å². The van der Waals surface area contributed by atoms with E-state index in [9.17, 15) is 4.79 Å². The lowest BCUT2D eigenvalue weighted by Gasteiger charge is -1.98. The molecule has 84 valence electrons. The Labute approximate surface area is 93.2 Å². The summed E-state index contributed by atoms with van der Waals surface area (Å²) in [6.45, 7) is 4.76. The zero-order valence-corrected chi connectivity index (χ0v) is 9.40. The number of rotatable bonds is 3. The molecule has 0 fully saturated rings. The number of H-pyrrole nitrogens is 1. The summed E-state index contributed by atoms with van der Waals surface area (Å²) in [4.78, 5) is 18.3. The van der Waals surface area contributed by atoms with Gasteiger partial charge in [0.1, 0.15) is 5.82 Å². The fraction of sp³-hybridized carbons (Fsp3) is 0.364. The highest BCUT2D eigenvalue weighted by atomic mass is 16.1. The van der Waals surface area contributed by atoms with Gasteiger partial charge in [-0.25, -0.2) is 4.98 Å². The molecule has 2 aromatic rings. The van der Waals surface area contributed by atoms with Crippen molar-refractivity contribution >= 4 is 0 Å². The SMILES string of the molecule is CCCn1cc(-c2nc(C)cc(=O)[nH]2)cn1. The fourth-order valence-corrected chi connectivity index (χ4v) is 1.55. The molecule has 0 bridgehead atoms. The van der Waals surface area contributed by atoms with Gasteiger partial charge in [0.15, 0.2) is 0 Å². The van der Waals surface area contributed by atoms with Crippen molar-refractivity contribution < 1.29 is 0 Å². The van der Waals surface area contributed by atoms with E-state index >= 15 is 0 Å². The first-order chi connectivity index (χ1) is 7.69. The second-order valence-corrected chi connectivity index (χ2v) is 3.73. The van der Waals surface area contributed by atoms with Crippen LogP contribution >= 0.6 is 0 Å². The van der Waals surface area contributed by atoms with Crippen LogP contribution in [0.3, 0.4) is 0 Å². The Morgan fingerprint density at radius 3 is 3.00 bits per heavy atom. The number of nitrogens with one attached hydrogen (secondary N) is 1. The maximum absolute atomic E-state index is 11.3. The van der Waals surface area contributed by atoms with E-state index in [0.29, 0.717) is 11.5 Å². The average molecular weight is 218 g/mol. The first-order valence-corrected chi connectivity index (χ1v) is 5.30. The Kier molecular flexibility index (Phi) is 2.85. The van der Waals surface area contributed by atoms with Crippen LogP contribution in [0.4, 0.5) is 0 Å². The summed E-state index contributed by atoms with van der Waals surface area (Å²) < 4.78 is 1.84. The van der Waals surface area contributed by atoms with Crippen molar-refractivity contribution in [3.8, 4) is 11.4 Å². The van der Waals surface area contributed by atoms with E-state index in [4.69, 9.17) is 0 Å². The molecular weight excluding hydrogens is 204 g/mol. The van der Waals surface area contributed by atoms with Crippen LogP contribution in [0.2, 0.25) is 0 Å². The lowest BCUT2D eigenvalue weighted by molar-refractivity contribution is 0.603. The van der Waals surface area contributed by atoms with Gasteiger partial charge in [-0.05, 0) is 13.3 Å². The third kappa shape index (κ3) is 2.18. The molecule has 0 saturated heterocycles. The van der Waals surface area contributed by atoms with Crippen LogP contribution in [-0.2, 0) is 6.54 Å². The van der Waals surface area contributed by atoms with E-state index in [0.717, 1.165) is 18.5 Å². The van der Waals surface area contributed by atoms with Gasteiger partial charge < -0.3 is 4.98 Å². The maximum Gasteiger partial charge on any atom is 0.251 e. The first-order valence-electron chi connectivity index (χ1n) is 5.30. The molecular formula is C11H14N4O. The summed E-state index contributed by atoms with van der Waals surface area (Å²) in [5.74, 6) is 0.576.